The number of aromatic nitrogens is 4. The third kappa shape index (κ3) is 2.75. The predicted molar refractivity (Wildman–Crippen MR) is 87.2 cm³/mol. The number of fused-ring (bicyclic) bond motifs is 1. The monoisotopic (exact) mass is 334 g/mol. The molecule has 3 aromatic rings. The van der Waals surface area contributed by atoms with Crippen LogP contribution in [0.1, 0.15) is 0 Å². The minimum Gasteiger partial charge on any atom is -0.492 e. The second-order valence-corrected chi connectivity index (χ2v) is 5.56. The average molecular weight is 335 g/mol. The van der Waals surface area contributed by atoms with Crippen molar-refractivity contribution in [2.45, 2.75) is 6.54 Å². The van der Waals surface area contributed by atoms with Crippen LogP contribution in [0.25, 0.3) is 11.2 Å². The lowest BCUT2D eigenvalue weighted by molar-refractivity contribution is 0.300. The second kappa shape index (κ2) is 5.92. The molecule has 120 valence electrons. The van der Waals surface area contributed by atoms with Gasteiger partial charge in [-0.3, -0.25) is 13.9 Å². The zero-order valence-electron chi connectivity index (χ0n) is 12.7. The van der Waals surface area contributed by atoms with Crippen molar-refractivity contribution in [1.29, 1.82) is 0 Å². The molecule has 2 heterocycles. The Hall–Kier alpha value is -2.54. The largest absolute Gasteiger partial charge is 0.492 e. The fourth-order valence-electron chi connectivity index (χ4n) is 2.39. The summed E-state index contributed by atoms with van der Waals surface area (Å²) in [6.45, 7) is 0.772. The van der Waals surface area contributed by atoms with Gasteiger partial charge in [0.05, 0.1) is 12.9 Å². The van der Waals surface area contributed by atoms with E-state index in [1.807, 2.05) is 0 Å². The molecular weight excluding hydrogens is 320 g/mol. The van der Waals surface area contributed by atoms with Crippen LogP contribution in [0.15, 0.2) is 40.2 Å². The van der Waals surface area contributed by atoms with E-state index in [1.54, 1.807) is 35.9 Å². The highest BCUT2D eigenvalue weighted by Gasteiger charge is 2.13. The van der Waals surface area contributed by atoms with Gasteiger partial charge in [-0.2, -0.15) is 0 Å². The van der Waals surface area contributed by atoms with Gasteiger partial charge in [0.25, 0.3) is 5.56 Å². The van der Waals surface area contributed by atoms with E-state index in [0.717, 1.165) is 4.57 Å². The minimum absolute atomic E-state index is 0.345. The molecule has 0 radical (unpaired) electrons. The number of benzene rings is 1. The summed E-state index contributed by atoms with van der Waals surface area (Å²) in [6, 6.07) is 7.09. The van der Waals surface area contributed by atoms with Gasteiger partial charge >= 0.3 is 5.69 Å². The Balaban J connectivity index is 1.87. The molecule has 0 saturated carbocycles. The fraction of sp³-hybridized carbons (Fsp3) is 0.267. The summed E-state index contributed by atoms with van der Waals surface area (Å²) < 4.78 is 9.72. The average Bonchev–Trinajstić information content (AvgIpc) is 2.95. The highest BCUT2D eigenvalue weighted by Crippen LogP contribution is 2.17. The molecule has 0 atom stereocenters. The van der Waals surface area contributed by atoms with Crippen LogP contribution in [0.3, 0.4) is 0 Å². The molecule has 0 spiro atoms. The first kappa shape index (κ1) is 15.4. The molecule has 3 rings (SSSR count). The molecule has 0 aliphatic carbocycles. The van der Waals surface area contributed by atoms with Crippen LogP contribution in [0.4, 0.5) is 0 Å². The van der Waals surface area contributed by atoms with E-state index in [9.17, 15) is 9.59 Å². The SMILES string of the molecule is Cn1c(=O)c2c(ncn2CCOc2cccc(Cl)c2)n(C)c1=O. The topological polar surface area (TPSA) is 71.0 Å². The predicted octanol–water partition coefficient (Wildman–Crippen LogP) is 1.17. The van der Waals surface area contributed by atoms with Crippen molar-refractivity contribution in [3.63, 3.8) is 0 Å². The van der Waals surface area contributed by atoms with Crippen LogP contribution in [0.2, 0.25) is 5.02 Å². The van der Waals surface area contributed by atoms with Crippen LogP contribution in [-0.4, -0.2) is 25.3 Å². The Bertz CT molecular complexity index is 987. The summed E-state index contributed by atoms with van der Waals surface area (Å²) in [4.78, 5) is 28.3. The lowest BCUT2D eigenvalue weighted by atomic mass is 10.3. The van der Waals surface area contributed by atoms with E-state index in [4.69, 9.17) is 16.3 Å². The fourth-order valence-corrected chi connectivity index (χ4v) is 2.57. The van der Waals surface area contributed by atoms with E-state index in [0.29, 0.717) is 35.1 Å². The maximum atomic E-state index is 12.3. The first-order valence-corrected chi connectivity index (χ1v) is 7.36. The van der Waals surface area contributed by atoms with Gasteiger partial charge in [-0.1, -0.05) is 17.7 Å². The Morgan fingerprint density at radius 1 is 1.22 bits per heavy atom. The Labute approximate surface area is 136 Å². The molecule has 1 aromatic carbocycles. The van der Waals surface area contributed by atoms with Gasteiger partial charge < -0.3 is 9.30 Å². The van der Waals surface area contributed by atoms with Gasteiger partial charge in [0.15, 0.2) is 11.2 Å². The van der Waals surface area contributed by atoms with Gasteiger partial charge in [0.2, 0.25) is 0 Å². The van der Waals surface area contributed by atoms with E-state index in [2.05, 4.69) is 4.98 Å². The number of halogens is 1. The quantitative estimate of drug-likeness (QED) is 0.718. The zero-order valence-corrected chi connectivity index (χ0v) is 13.4. The summed E-state index contributed by atoms with van der Waals surface area (Å²) in [6.07, 6.45) is 1.53. The number of imidazole rings is 1. The van der Waals surface area contributed by atoms with Crippen LogP contribution in [-0.2, 0) is 20.6 Å². The summed E-state index contributed by atoms with van der Waals surface area (Å²) in [5.41, 5.74) is -0.0311. The number of hydrogen-bond acceptors (Lipinski definition) is 4. The van der Waals surface area contributed by atoms with Crippen molar-refractivity contribution in [3.8, 4) is 5.75 Å². The van der Waals surface area contributed by atoms with Crippen molar-refractivity contribution < 1.29 is 4.74 Å². The van der Waals surface area contributed by atoms with Gasteiger partial charge in [0.1, 0.15) is 12.4 Å². The summed E-state index contributed by atoms with van der Waals surface area (Å²) in [5, 5.41) is 0.597. The van der Waals surface area contributed by atoms with E-state index in [-0.39, 0.29) is 5.56 Å². The highest BCUT2D eigenvalue weighted by atomic mass is 35.5. The highest BCUT2D eigenvalue weighted by molar-refractivity contribution is 6.30. The molecule has 0 aliphatic heterocycles. The molecule has 2 aromatic heterocycles. The molecule has 8 heteroatoms. The number of ether oxygens (including phenoxy) is 1. The van der Waals surface area contributed by atoms with Crippen LogP contribution in [0, 0.1) is 0 Å². The van der Waals surface area contributed by atoms with Gasteiger partial charge in [-0.05, 0) is 18.2 Å². The van der Waals surface area contributed by atoms with Crippen molar-refractivity contribution in [2.24, 2.45) is 14.1 Å². The Kier molecular flexibility index (Phi) is 3.96. The Morgan fingerprint density at radius 2 is 2.00 bits per heavy atom. The summed E-state index contributed by atoms with van der Waals surface area (Å²) in [7, 11) is 3.04. The first-order chi connectivity index (χ1) is 11.0. The number of rotatable bonds is 4. The lowest BCUT2D eigenvalue weighted by Gasteiger charge is -2.08. The van der Waals surface area contributed by atoms with Crippen LogP contribution < -0.4 is 16.0 Å². The molecular formula is C15H15ClN4O3. The molecule has 0 bridgehead atoms. The van der Waals surface area contributed by atoms with Crippen molar-refractivity contribution in [3.05, 3.63) is 56.5 Å². The molecule has 23 heavy (non-hydrogen) atoms. The maximum Gasteiger partial charge on any atom is 0.332 e. The Morgan fingerprint density at radius 3 is 2.74 bits per heavy atom. The van der Waals surface area contributed by atoms with E-state index in [1.165, 1.54) is 17.9 Å². The van der Waals surface area contributed by atoms with Gasteiger partial charge in [-0.25, -0.2) is 9.78 Å². The summed E-state index contributed by atoms with van der Waals surface area (Å²) in [5.74, 6) is 0.655. The zero-order chi connectivity index (χ0) is 16.6. The third-order valence-corrected chi connectivity index (χ3v) is 3.85. The third-order valence-electron chi connectivity index (χ3n) is 3.61. The first-order valence-electron chi connectivity index (χ1n) is 6.98. The normalized spacial score (nSPS) is 11.1. The second-order valence-electron chi connectivity index (χ2n) is 5.12. The van der Waals surface area contributed by atoms with Crippen molar-refractivity contribution in [1.82, 2.24) is 18.7 Å². The van der Waals surface area contributed by atoms with E-state index < -0.39 is 5.69 Å². The molecule has 0 N–H and O–H groups in total. The maximum absolute atomic E-state index is 12.3. The molecule has 0 fully saturated rings. The lowest BCUT2D eigenvalue weighted by Crippen LogP contribution is -2.37. The molecule has 0 unspecified atom stereocenters. The standard InChI is InChI=1S/C15H15ClN4O3/c1-18-13-12(14(21)19(2)15(18)22)20(9-17-13)6-7-23-11-5-3-4-10(16)8-11/h3-5,8-9H,6-7H2,1-2H3. The van der Waals surface area contributed by atoms with Crippen molar-refractivity contribution in [2.75, 3.05) is 6.61 Å². The van der Waals surface area contributed by atoms with Crippen molar-refractivity contribution >= 4 is 22.8 Å². The van der Waals surface area contributed by atoms with Crippen LogP contribution >= 0.6 is 11.6 Å². The van der Waals surface area contributed by atoms with E-state index >= 15 is 0 Å². The smallest absolute Gasteiger partial charge is 0.332 e. The molecule has 0 saturated heterocycles. The minimum atomic E-state index is -0.400. The van der Waals surface area contributed by atoms with Crippen LogP contribution in [0.5, 0.6) is 5.75 Å². The number of nitrogens with zero attached hydrogens (tertiary/aromatic N) is 4. The summed E-state index contributed by atoms with van der Waals surface area (Å²) >= 11 is 5.90. The van der Waals surface area contributed by atoms with Gasteiger partial charge in [0, 0.05) is 19.1 Å². The molecule has 7 nitrogen and oxygen atoms in total. The number of aryl methyl sites for hydroxylation is 1. The molecule has 0 amide bonds. The van der Waals surface area contributed by atoms with Gasteiger partial charge in [-0.15, -0.1) is 0 Å². The number of hydrogen-bond donors (Lipinski definition) is 0. The molecule has 0 aliphatic rings.